The number of nitrogens with zero attached hydrogens (tertiary/aromatic N) is 3. The molecule has 8 heteroatoms. The molecule has 2 rings (SSSR count). The van der Waals surface area contributed by atoms with E-state index in [9.17, 15) is 14.4 Å². The molecule has 2 atom stereocenters. The third-order valence-electron chi connectivity index (χ3n) is 6.86. The highest BCUT2D eigenvalue weighted by Gasteiger charge is 2.62. The fraction of sp³-hybridized carbons (Fsp3) is 0.654. The first-order valence-electron chi connectivity index (χ1n) is 12.3. The summed E-state index contributed by atoms with van der Waals surface area (Å²) in [5, 5.41) is 3.03. The van der Waals surface area contributed by atoms with Crippen molar-refractivity contribution in [1.82, 2.24) is 20.0 Å². The second-order valence-corrected chi connectivity index (χ2v) is 9.52. The second-order valence-electron chi connectivity index (χ2n) is 9.52. The van der Waals surface area contributed by atoms with Crippen LogP contribution in [0.3, 0.4) is 0 Å². The smallest absolute Gasteiger partial charge is 0.326 e. The lowest BCUT2D eigenvalue weighted by Gasteiger charge is -2.53. The Morgan fingerprint density at radius 1 is 1.09 bits per heavy atom. The summed E-state index contributed by atoms with van der Waals surface area (Å²) in [6.45, 7) is 9.06. The number of benzene rings is 1. The van der Waals surface area contributed by atoms with Gasteiger partial charge < -0.3 is 19.9 Å². The number of aryl methyl sites for hydroxylation is 1. The van der Waals surface area contributed by atoms with Crippen molar-refractivity contribution in [2.75, 3.05) is 40.8 Å². The van der Waals surface area contributed by atoms with Gasteiger partial charge in [0.05, 0.1) is 11.5 Å². The van der Waals surface area contributed by atoms with Crippen LogP contribution in [0.15, 0.2) is 24.3 Å². The number of likely N-dealkylation sites (tertiary alicyclic amines) is 1. The molecule has 0 aliphatic carbocycles. The van der Waals surface area contributed by atoms with Crippen LogP contribution < -0.4 is 5.32 Å². The molecule has 34 heavy (non-hydrogen) atoms. The molecule has 0 radical (unpaired) electrons. The van der Waals surface area contributed by atoms with Gasteiger partial charge >= 0.3 is 6.03 Å². The first-order valence-corrected chi connectivity index (χ1v) is 12.3. The summed E-state index contributed by atoms with van der Waals surface area (Å²) < 4.78 is 5.97. The molecule has 1 aliphatic rings. The minimum Gasteiger partial charge on any atom is -0.347 e. The fourth-order valence-electron chi connectivity index (χ4n) is 4.33. The summed E-state index contributed by atoms with van der Waals surface area (Å²) in [6, 6.07) is 7.37. The molecule has 1 heterocycles. The number of β-lactam (4-membered cyclic amide) rings is 1. The number of imide groups is 1. The molecule has 1 fully saturated rings. The number of ether oxygens (including phenoxy) is 1. The van der Waals surface area contributed by atoms with Gasteiger partial charge in [-0.2, -0.15) is 0 Å². The van der Waals surface area contributed by atoms with Crippen LogP contribution in [-0.2, 0) is 14.3 Å². The molecule has 0 saturated carbocycles. The molecule has 1 saturated heterocycles. The summed E-state index contributed by atoms with van der Waals surface area (Å²) >= 11 is 0. The molecule has 1 aromatic rings. The number of hydrogen-bond acceptors (Lipinski definition) is 5. The highest BCUT2D eigenvalue weighted by molar-refractivity contribution is 6.03. The number of rotatable bonds is 12. The zero-order valence-electron chi connectivity index (χ0n) is 21.9. The first kappa shape index (κ1) is 27.8. The number of carbonyl (C=O) groups excluding carboxylic acids is 3. The lowest BCUT2D eigenvalue weighted by atomic mass is 9.72. The molecule has 0 spiro atoms. The normalized spacial score (nSPS) is 17.9. The molecular weight excluding hydrogens is 432 g/mol. The number of carbonyl (C=O) groups is 3. The summed E-state index contributed by atoms with van der Waals surface area (Å²) in [5.41, 5.74) is 1.36. The highest BCUT2D eigenvalue weighted by atomic mass is 16.5. The number of amides is 4. The standard InChI is InChI=1S/C26H42N4O4/c1-8-11-21(20-14-12-19(4)13-15-20)27-25(33)30-23(32)26(9-2,10-3)24(30)34-18-22(31)29(7)17-16-28(5)6/h12-15,21,24H,8-11,16-18H2,1-7H3,(H,27,33)/t21-,24+/m1/s1. The quantitative estimate of drug-likeness (QED) is 0.469. The molecule has 0 aromatic heterocycles. The van der Waals surface area contributed by atoms with Gasteiger partial charge in [0.25, 0.3) is 0 Å². The number of likely N-dealkylation sites (N-methyl/N-ethyl adjacent to an activating group) is 2. The van der Waals surface area contributed by atoms with Crippen LogP contribution >= 0.6 is 0 Å². The van der Waals surface area contributed by atoms with E-state index in [0.29, 0.717) is 19.4 Å². The molecule has 1 N–H and O–H groups in total. The van der Waals surface area contributed by atoms with Crippen LogP contribution in [0.2, 0.25) is 0 Å². The van der Waals surface area contributed by atoms with Crippen LogP contribution in [0.1, 0.15) is 63.6 Å². The Bertz CT molecular complexity index is 836. The van der Waals surface area contributed by atoms with E-state index in [2.05, 4.69) is 12.2 Å². The van der Waals surface area contributed by atoms with E-state index in [1.807, 2.05) is 64.0 Å². The minimum absolute atomic E-state index is 0.175. The van der Waals surface area contributed by atoms with Gasteiger partial charge in [-0.1, -0.05) is 57.0 Å². The van der Waals surface area contributed by atoms with Crippen LogP contribution in [0.25, 0.3) is 0 Å². The maximum Gasteiger partial charge on any atom is 0.326 e. The lowest BCUT2D eigenvalue weighted by Crippen LogP contribution is -2.72. The highest BCUT2D eigenvalue weighted by Crippen LogP contribution is 2.46. The topological polar surface area (TPSA) is 82.2 Å². The average molecular weight is 475 g/mol. The Kier molecular flexibility index (Phi) is 10.1. The van der Waals surface area contributed by atoms with Gasteiger partial charge in [0.1, 0.15) is 6.61 Å². The van der Waals surface area contributed by atoms with E-state index >= 15 is 0 Å². The van der Waals surface area contributed by atoms with Crippen molar-refractivity contribution in [3.05, 3.63) is 35.4 Å². The predicted molar refractivity (Wildman–Crippen MR) is 133 cm³/mol. The van der Waals surface area contributed by atoms with Gasteiger partial charge in [0.2, 0.25) is 11.8 Å². The Morgan fingerprint density at radius 2 is 1.71 bits per heavy atom. The molecule has 190 valence electrons. The second kappa shape index (κ2) is 12.3. The van der Waals surface area contributed by atoms with Gasteiger partial charge in [-0.25, -0.2) is 9.69 Å². The Balaban J connectivity index is 2.14. The third kappa shape index (κ3) is 6.16. The van der Waals surface area contributed by atoms with Crippen LogP contribution in [-0.4, -0.2) is 79.6 Å². The fourth-order valence-corrected chi connectivity index (χ4v) is 4.33. The molecule has 1 aliphatic heterocycles. The number of hydrogen-bond donors (Lipinski definition) is 1. The summed E-state index contributed by atoms with van der Waals surface area (Å²) in [7, 11) is 5.63. The van der Waals surface area contributed by atoms with Gasteiger partial charge in [0, 0.05) is 20.1 Å². The van der Waals surface area contributed by atoms with Gasteiger partial charge in [0.15, 0.2) is 6.23 Å². The molecule has 0 unspecified atom stereocenters. The van der Waals surface area contributed by atoms with E-state index in [1.165, 1.54) is 0 Å². The van der Waals surface area contributed by atoms with Crippen molar-refractivity contribution in [1.29, 1.82) is 0 Å². The van der Waals surface area contributed by atoms with E-state index < -0.39 is 17.7 Å². The van der Waals surface area contributed by atoms with Crippen LogP contribution in [0.4, 0.5) is 4.79 Å². The van der Waals surface area contributed by atoms with Crippen molar-refractivity contribution >= 4 is 17.8 Å². The Labute approximate surface area is 204 Å². The summed E-state index contributed by atoms with van der Waals surface area (Å²) in [6.07, 6.45) is 1.95. The van der Waals surface area contributed by atoms with E-state index in [0.717, 1.165) is 35.4 Å². The predicted octanol–water partition coefficient (Wildman–Crippen LogP) is 3.56. The van der Waals surface area contributed by atoms with Crippen molar-refractivity contribution in [3.8, 4) is 0 Å². The Hall–Kier alpha value is -2.45. The maximum absolute atomic E-state index is 13.3. The Morgan fingerprint density at radius 3 is 2.24 bits per heavy atom. The zero-order chi connectivity index (χ0) is 25.5. The van der Waals surface area contributed by atoms with Crippen molar-refractivity contribution in [2.24, 2.45) is 5.41 Å². The summed E-state index contributed by atoms with van der Waals surface area (Å²) in [4.78, 5) is 43.8. The van der Waals surface area contributed by atoms with Crippen molar-refractivity contribution in [3.63, 3.8) is 0 Å². The van der Waals surface area contributed by atoms with Gasteiger partial charge in [-0.3, -0.25) is 9.59 Å². The van der Waals surface area contributed by atoms with E-state index in [1.54, 1.807) is 11.9 Å². The molecule has 0 bridgehead atoms. The monoisotopic (exact) mass is 474 g/mol. The van der Waals surface area contributed by atoms with Crippen molar-refractivity contribution < 1.29 is 19.1 Å². The average Bonchev–Trinajstić information content (AvgIpc) is 2.80. The summed E-state index contributed by atoms with van der Waals surface area (Å²) in [5.74, 6) is -0.418. The van der Waals surface area contributed by atoms with Crippen LogP contribution in [0.5, 0.6) is 0 Å². The molecule has 1 aromatic carbocycles. The lowest BCUT2D eigenvalue weighted by molar-refractivity contribution is -0.211. The maximum atomic E-state index is 13.3. The zero-order valence-corrected chi connectivity index (χ0v) is 21.9. The third-order valence-corrected chi connectivity index (χ3v) is 6.86. The van der Waals surface area contributed by atoms with Crippen LogP contribution in [0, 0.1) is 12.3 Å². The molecule has 8 nitrogen and oxygen atoms in total. The van der Waals surface area contributed by atoms with Gasteiger partial charge in [-0.15, -0.1) is 0 Å². The SMILES string of the molecule is CCC[C@@H](NC(=O)N1C(=O)C(CC)(CC)[C@@H]1OCC(=O)N(C)CCN(C)C)c1ccc(C)cc1. The van der Waals surface area contributed by atoms with Crippen molar-refractivity contribution in [2.45, 2.75) is 65.6 Å². The van der Waals surface area contributed by atoms with E-state index in [4.69, 9.17) is 4.74 Å². The largest absolute Gasteiger partial charge is 0.347 e. The van der Waals surface area contributed by atoms with E-state index in [-0.39, 0.29) is 24.5 Å². The number of nitrogens with one attached hydrogen (secondary N) is 1. The number of urea groups is 1. The molecular formula is C26H42N4O4. The first-order chi connectivity index (χ1) is 16.1. The molecule has 4 amide bonds. The minimum atomic E-state index is -0.788. The van der Waals surface area contributed by atoms with Gasteiger partial charge in [-0.05, 0) is 45.8 Å².